The lowest BCUT2D eigenvalue weighted by molar-refractivity contribution is 0.0697. The van der Waals surface area contributed by atoms with E-state index < -0.39 is 11.8 Å². The van der Waals surface area contributed by atoms with E-state index in [0.717, 1.165) is 6.07 Å². The largest absolute Gasteiger partial charge is 0.478 e. The lowest BCUT2D eigenvalue weighted by Crippen LogP contribution is -2.06. The Morgan fingerprint density at radius 1 is 1.47 bits per heavy atom. The molecule has 15 heavy (non-hydrogen) atoms. The highest BCUT2D eigenvalue weighted by atomic mass is 19.1. The Balaban J connectivity index is 2.76. The molecule has 1 rings (SSSR count). The van der Waals surface area contributed by atoms with Crippen molar-refractivity contribution < 1.29 is 19.4 Å². The van der Waals surface area contributed by atoms with Crippen LogP contribution in [0.2, 0.25) is 0 Å². The first-order valence-corrected chi connectivity index (χ1v) is 4.52. The Labute approximate surface area is 86.4 Å². The van der Waals surface area contributed by atoms with Gasteiger partial charge in [0.15, 0.2) is 0 Å². The van der Waals surface area contributed by atoms with Crippen molar-refractivity contribution in [2.45, 2.75) is 6.42 Å². The summed E-state index contributed by atoms with van der Waals surface area (Å²) in [6.07, 6.45) is 0.483. The molecule has 0 saturated heterocycles. The highest BCUT2D eigenvalue weighted by Crippen LogP contribution is 2.16. The molecule has 1 aromatic rings. The molecule has 0 aromatic heterocycles. The van der Waals surface area contributed by atoms with Crippen LogP contribution in [0.4, 0.5) is 10.1 Å². The van der Waals surface area contributed by atoms with E-state index >= 15 is 0 Å². The summed E-state index contributed by atoms with van der Waals surface area (Å²) < 4.78 is 13.1. The first-order chi connectivity index (χ1) is 7.15. The number of aliphatic hydroxyl groups is 1. The zero-order valence-electron chi connectivity index (χ0n) is 8.03. The van der Waals surface area contributed by atoms with Gasteiger partial charge < -0.3 is 15.5 Å². The van der Waals surface area contributed by atoms with Gasteiger partial charge in [-0.1, -0.05) is 0 Å². The maximum atomic E-state index is 13.1. The van der Waals surface area contributed by atoms with Crippen LogP contribution in [0.25, 0.3) is 0 Å². The standard InChI is InChI=1S/C10H12FNO3/c11-8-3-2-7(10(14)15)6-9(8)12-4-1-5-13/h2-3,6,12-13H,1,4-5H2,(H,14,15). The van der Waals surface area contributed by atoms with Crippen LogP contribution in [0, 0.1) is 5.82 Å². The predicted molar refractivity (Wildman–Crippen MR) is 53.6 cm³/mol. The third-order valence-corrected chi connectivity index (χ3v) is 1.86. The summed E-state index contributed by atoms with van der Waals surface area (Å²) in [5, 5.41) is 19.9. The number of halogens is 1. The number of carbonyl (C=O) groups is 1. The van der Waals surface area contributed by atoms with E-state index in [9.17, 15) is 9.18 Å². The van der Waals surface area contributed by atoms with Gasteiger partial charge in [0.2, 0.25) is 0 Å². The summed E-state index contributed by atoms with van der Waals surface area (Å²) in [5.41, 5.74) is 0.172. The summed E-state index contributed by atoms with van der Waals surface area (Å²) in [6.45, 7) is 0.406. The van der Waals surface area contributed by atoms with Gasteiger partial charge in [-0.2, -0.15) is 0 Å². The second kappa shape index (κ2) is 5.31. The van der Waals surface area contributed by atoms with Gasteiger partial charge in [0.1, 0.15) is 5.82 Å². The van der Waals surface area contributed by atoms with E-state index in [-0.39, 0.29) is 17.9 Å². The first kappa shape index (κ1) is 11.5. The minimum absolute atomic E-state index is 0.00718. The van der Waals surface area contributed by atoms with Gasteiger partial charge in [0.05, 0.1) is 11.3 Å². The van der Waals surface area contributed by atoms with Crippen molar-refractivity contribution >= 4 is 11.7 Å². The predicted octanol–water partition coefficient (Wildman–Crippen LogP) is 1.32. The molecule has 3 N–H and O–H groups in total. The molecule has 0 spiro atoms. The van der Waals surface area contributed by atoms with Crippen LogP contribution in [0.1, 0.15) is 16.8 Å². The smallest absolute Gasteiger partial charge is 0.335 e. The fourth-order valence-electron chi connectivity index (χ4n) is 1.10. The Morgan fingerprint density at radius 3 is 2.80 bits per heavy atom. The molecule has 0 heterocycles. The van der Waals surface area contributed by atoms with Crippen molar-refractivity contribution in [3.8, 4) is 0 Å². The van der Waals surface area contributed by atoms with Gasteiger partial charge in [-0.25, -0.2) is 9.18 Å². The number of hydrogen-bond donors (Lipinski definition) is 3. The molecule has 0 aliphatic rings. The van der Waals surface area contributed by atoms with Gasteiger partial charge in [-0.15, -0.1) is 0 Å². The molecule has 0 aliphatic heterocycles. The maximum absolute atomic E-state index is 13.1. The van der Waals surface area contributed by atoms with E-state index in [4.69, 9.17) is 10.2 Å². The average molecular weight is 213 g/mol. The van der Waals surface area contributed by atoms with Gasteiger partial charge >= 0.3 is 5.97 Å². The Bertz CT molecular complexity index is 355. The summed E-state index contributed by atoms with van der Waals surface area (Å²) in [4.78, 5) is 10.6. The van der Waals surface area contributed by atoms with E-state index in [0.29, 0.717) is 13.0 Å². The normalized spacial score (nSPS) is 10.0. The Kier molecular flexibility index (Phi) is 4.05. The number of hydrogen-bond acceptors (Lipinski definition) is 3. The van der Waals surface area contributed by atoms with Crippen molar-refractivity contribution in [2.24, 2.45) is 0 Å². The lowest BCUT2D eigenvalue weighted by atomic mass is 10.2. The second-order valence-electron chi connectivity index (χ2n) is 3.00. The third kappa shape index (κ3) is 3.21. The van der Waals surface area contributed by atoms with Crippen molar-refractivity contribution in [1.82, 2.24) is 0 Å². The molecule has 0 fully saturated rings. The van der Waals surface area contributed by atoms with E-state index in [2.05, 4.69) is 5.32 Å². The summed E-state index contributed by atoms with van der Waals surface area (Å²) >= 11 is 0. The molecule has 0 saturated carbocycles. The van der Waals surface area contributed by atoms with Crippen molar-refractivity contribution in [1.29, 1.82) is 0 Å². The average Bonchev–Trinajstić information content (AvgIpc) is 2.20. The van der Waals surface area contributed by atoms with Gasteiger partial charge in [-0.05, 0) is 24.6 Å². The molecule has 5 heteroatoms. The van der Waals surface area contributed by atoms with Crippen LogP contribution in [0.15, 0.2) is 18.2 Å². The first-order valence-electron chi connectivity index (χ1n) is 4.52. The van der Waals surface area contributed by atoms with Gasteiger partial charge in [-0.3, -0.25) is 0 Å². The van der Waals surface area contributed by atoms with Crippen LogP contribution >= 0.6 is 0 Å². The SMILES string of the molecule is O=C(O)c1ccc(F)c(NCCCO)c1. The molecule has 0 atom stereocenters. The minimum atomic E-state index is -1.10. The summed E-state index contributed by atoms with van der Waals surface area (Å²) in [6, 6.07) is 3.54. The fourth-order valence-corrected chi connectivity index (χ4v) is 1.10. The Hall–Kier alpha value is -1.62. The molecule has 4 nitrogen and oxygen atoms in total. The topological polar surface area (TPSA) is 69.6 Å². The minimum Gasteiger partial charge on any atom is -0.478 e. The third-order valence-electron chi connectivity index (χ3n) is 1.86. The van der Waals surface area contributed by atoms with E-state index in [1.165, 1.54) is 12.1 Å². The van der Waals surface area contributed by atoms with E-state index in [1.54, 1.807) is 0 Å². The summed E-state index contributed by atoms with van der Waals surface area (Å²) in [7, 11) is 0. The quantitative estimate of drug-likeness (QED) is 0.645. The number of nitrogens with one attached hydrogen (secondary N) is 1. The number of aliphatic hydroxyl groups excluding tert-OH is 1. The molecule has 0 unspecified atom stereocenters. The number of rotatable bonds is 5. The number of carboxylic acids is 1. The molecular weight excluding hydrogens is 201 g/mol. The number of benzene rings is 1. The van der Waals surface area contributed by atoms with Gasteiger partial charge in [0, 0.05) is 13.2 Å². The number of anilines is 1. The van der Waals surface area contributed by atoms with Crippen LogP contribution in [-0.2, 0) is 0 Å². The van der Waals surface area contributed by atoms with Crippen molar-refractivity contribution in [3.05, 3.63) is 29.6 Å². The molecule has 1 aromatic carbocycles. The number of aromatic carboxylic acids is 1. The second-order valence-corrected chi connectivity index (χ2v) is 3.00. The fraction of sp³-hybridized carbons (Fsp3) is 0.300. The zero-order chi connectivity index (χ0) is 11.3. The highest BCUT2D eigenvalue weighted by Gasteiger charge is 2.07. The zero-order valence-corrected chi connectivity index (χ0v) is 8.03. The van der Waals surface area contributed by atoms with Crippen LogP contribution in [0.3, 0.4) is 0 Å². The van der Waals surface area contributed by atoms with Crippen LogP contribution in [-0.4, -0.2) is 29.3 Å². The number of carboxylic acid groups (broad SMARTS) is 1. The molecular formula is C10H12FNO3. The monoisotopic (exact) mass is 213 g/mol. The summed E-state index contributed by atoms with van der Waals surface area (Å²) in [5.74, 6) is -1.60. The molecule has 0 bridgehead atoms. The molecule has 0 radical (unpaired) electrons. The van der Waals surface area contributed by atoms with Crippen LogP contribution in [0.5, 0.6) is 0 Å². The van der Waals surface area contributed by atoms with E-state index in [1.807, 2.05) is 0 Å². The van der Waals surface area contributed by atoms with Gasteiger partial charge in [0.25, 0.3) is 0 Å². The Morgan fingerprint density at radius 2 is 2.20 bits per heavy atom. The molecule has 82 valence electrons. The molecule has 0 amide bonds. The van der Waals surface area contributed by atoms with Crippen molar-refractivity contribution in [2.75, 3.05) is 18.5 Å². The van der Waals surface area contributed by atoms with Crippen LogP contribution < -0.4 is 5.32 Å². The molecule has 0 aliphatic carbocycles. The van der Waals surface area contributed by atoms with Crippen molar-refractivity contribution in [3.63, 3.8) is 0 Å². The maximum Gasteiger partial charge on any atom is 0.335 e. The lowest BCUT2D eigenvalue weighted by Gasteiger charge is -2.07. The highest BCUT2D eigenvalue weighted by molar-refractivity contribution is 5.88.